The molecule has 5 aliphatic carbocycles. The number of carbonyl (C=O) groups is 2. The van der Waals surface area contributed by atoms with Gasteiger partial charge in [0.05, 0.1) is 36.5 Å². The predicted octanol–water partition coefficient (Wildman–Crippen LogP) is 5.54. The molecule has 0 aromatic rings. The number of nitrogens with two attached hydrogens (primary N) is 1. The zero-order valence-electron chi connectivity index (χ0n) is 33.6. The number of aliphatic hydroxyl groups excluding tert-OH is 4. The van der Waals surface area contributed by atoms with Crippen molar-refractivity contribution in [2.75, 3.05) is 7.05 Å². The third-order valence-corrected chi connectivity index (χ3v) is 15.2. The highest BCUT2D eigenvalue weighted by Crippen LogP contribution is 2.66. The van der Waals surface area contributed by atoms with Gasteiger partial charge in [0.1, 0.15) is 0 Å². The van der Waals surface area contributed by atoms with Crippen molar-refractivity contribution in [1.82, 2.24) is 16.0 Å². The number of hydrogen-bond donors (Lipinski definition) is 8. The Morgan fingerprint density at radius 3 is 1.10 bits per heavy atom. The van der Waals surface area contributed by atoms with Crippen LogP contribution in [0.1, 0.15) is 103 Å². The minimum absolute atomic E-state index is 0.108. The number of nitrogens with one attached hydrogen (secondary N) is 3. The summed E-state index contributed by atoms with van der Waals surface area (Å²) in [5, 5.41) is 49.2. The number of carbonyl (C=O) groups excluding carboxylic acids is 2. The van der Waals surface area contributed by atoms with Crippen LogP contribution in [-0.4, -0.2) is 113 Å². The van der Waals surface area contributed by atoms with Crippen molar-refractivity contribution in [1.29, 1.82) is 0 Å². The van der Waals surface area contributed by atoms with Gasteiger partial charge < -0.3 is 42.1 Å². The Morgan fingerprint density at radius 2 is 0.770 bits per heavy atom. The van der Waals surface area contributed by atoms with Gasteiger partial charge in [-0.05, 0) is 127 Å². The third kappa shape index (κ3) is 9.50. The van der Waals surface area contributed by atoms with Crippen LogP contribution in [0.5, 0.6) is 0 Å². The van der Waals surface area contributed by atoms with Crippen molar-refractivity contribution in [3.05, 3.63) is 0 Å². The molecule has 0 heterocycles. The number of hydrogen-bond acceptors (Lipinski definition) is 8. The van der Waals surface area contributed by atoms with E-state index in [-0.39, 0.29) is 32.1 Å². The molecule has 5 fully saturated rings. The Kier molecular flexibility index (Phi) is 15.0. The molecule has 5 saturated carbocycles. The van der Waals surface area contributed by atoms with Gasteiger partial charge in [0, 0.05) is 23.9 Å². The van der Waals surface area contributed by atoms with E-state index < -0.39 is 202 Å². The molecule has 0 aliphatic heterocycles. The summed E-state index contributed by atoms with van der Waals surface area (Å²) in [5.74, 6) is -12.2. The Balaban J connectivity index is 1.29. The maximum atomic E-state index is 15.0. The monoisotopic (exact) mass is 906 g/mol. The van der Waals surface area contributed by atoms with E-state index in [4.69, 9.17) is 5.73 Å². The summed E-state index contributed by atoms with van der Waals surface area (Å²) in [5.41, 5.74) is -2.76. The van der Waals surface area contributed by atoms with E-state index in [1.165, 1.54) is 7.05 Å². The zero-order valence-corrected chi connectivity index (χ0v) is 33.6. The van der Waals surface area contributed by atoms with Gasteiger partial charge in [-0.2, -0.15) is 52.7 Å². The minimum atomic E-state index is -5.83. The first-order valence-electron chi connectivity index (χ1n) is 21.1. The van der Waals surface area contributed by atoms with E-state index in [2.05, 4.69) is 16.0 Å². The molecule has 354 valence electrons. The fraction of sp³-hybridized carbons (Fsp3) is 0.949. The molecule has 0 aromatic carbocycles. The average Bonchev–Trinajstić information content (AvgIpc) is 3.14. The molecule has 9 N–H and O–H groups in total. The first-order valence-corrected chi connectivity index (χ1v) is 21.1. The number of aliphatic hydroxyl groups is 4. The van der Waals surface area contributed by atoms with Crippen molar-refractivity contribution in [2.45, 2.75) is 176 Å². The zero-order chi connectivity index (χ0) is 45.7. The maximum Gasteiger partial charge on any atom is 0.403 e. The van der Waals surface area contributed by atoms with Gasteiger partial charge in [-0.3, -0.25) is 9.59 Å². The number of alkyl halides is 12. The SMILES string of the molecule is CNC1CC(C(C2CCC(O)C(NC(=O)C3CCCC(C(=O)NC4CC(C(C5CCC(O)C(N)C5)(C(F)(F)F)C(F)(F)F)CCC4O)C3)C2)(C(F)(F)F)C(F)(F)F)CCC1O. The molecule has 14 unspecified atom stereocenters. The van der Waals surface area contributed by atoms with Crippen LogP contribution in [-0.2, 0) is 9.59 Å². The standard InChI is InChI=1S/C39H58F12N4O6/c1-53-25-15-21(6-10-29(25)57)35(38(46,47)48,39(49,50)51)23-8-12-31(59)27(17-23)55-33(61)19-4-2-3-18(13-19)32(60)54-26-16-22(7-11-30(26)58)34(36(40,41)42,37(43,44)45)20-5-9-28(56)24(52)14-20/h18-31,53,56-59H,2-17,52H2,1H3,(H,54,60)(H,55,61). The lowest BCUT2D eigenvalue weighted by atomic mass is 9.56. The van der Waals surface area contributed by atoms with Crippen LogP contribution in [0, 0.1) is 46.3 Å². The Morgan fingerprint density at radius 1 is 0.459 bits per heavy atom. The lowest BCUT2D eigenvalue weighted by Crippen LogP contribution is -2.64. The molecule has 10 nitrogen and oxygen atoms in total. The quantitative estimate of drug-likeness (QED) is 0.139. The van der Waals surface area contributed by atoms with Crippen molar-refractivity contribution in [3.63, 3.8) is 0 Å². The van der Waals surface area contributed by atoms with E-state index >= 15 is 26.3 Å². The normalized spacial score (nSPS) is 37.8. The lowest BCUT2D eigenvalue weighted by Gasteiger charge is -2.53. The summed E-state index contributed by atoms with van der Waals surface area (Å²) < 4.78 is 180. The highest BCUT2D eigenvalue weighted by Gasteiger charge is 2.78. The summed E-state index contributed by atoms with van der Waals surface area (Å²) in [6, 6.07) is -5.49. The van der Waals surface area contributed by atoms with Gasteiger partial charge in [0.2, 0.25) is 11.8 Å². The van der Waals surface area contributed by atoms with Gasteiger partial charge in [-0.25, -0.2) is 0 Å². The topological polar surface area (TPSA) is 177 Å². The molecule has 0 spiro atoms. The molecular weight excluding hydrogens is 848 g/mol. The van der Waals surface area contributed by atoms with Crippen LogP contribution >= 0.6 is 0 Å². The van der Waals surface area contributed by atoms with Crippen LogP contribution in [0.2, 0.25) is 0 Å². The summed E-state index contributed by atoms with van der Waals surface area (Å²) in [6.45, 7) is 0. The van der Waals surface area contributed by atoms with Crippen molar-refractivity contribution >= 4 is 11.8 Å². The third-order valence-electron chi connectivity index (χ3n) is 15.2. The van der Waals surface area contributed by atoms with Gasteiger partial charge in [-0.15, -0.1) is 0 Å². The Labute approximate surface area is 345 Å². The highest BCUT2D eigenvalue weighted by molar-refractivity contribution is 5.83. The first kappa shape index (κ1) is 49.9. The lowest BCUT2D eigenvalue weighted by molar-refractivity contribution is -0.384. The van der Waals surface area contributed by atoms with Crippen LogP contribution < -0.4 is 21.7 Å². The molecule has 22 heteroatoms. The predicted molar refractivity (Wildman–Crippen MR) is 193 cm³/mol. The second-order valence-electron chi connectivity index (χ2n) is 18.4. The molecule has 0 bridgehead atoms. The van der Waals surface area contributed by atoms with E-state index in [0.717, 1.165) is 0 Å². The highest BCUT2D eigenvalue weighted by atomic mass is 19.4. The smallest absolute Gasteiger partial charge is 0.392 e. The average molecular weight is 907 g/mol. The van der Waals surface area contributed by atoms with Gasteiger partial charge in [0.15, 0.2) is 10.8 Å². The van der Waals surface area contributed by atoms with E-state index in [0.29, 0.717) is 0 Å². The molecule has 5 rings (SSSR count). The van der Waals surface area contributed by atoms with Crippen molar-refractivity contribution < 1.29 is 82.7 Å². The fourth-order valence-corrected chi connectivity index (χ4v) is 12.0. The van der Waals surface area contributed by atoms with E-state index in [1.54, 1.807) is 0 Å². The Hall–Kier alpha value is -2.14. The Bertz CT molecular complexity index is 1490. The van der Waals surface area contributed by atoms with Gasteiger partial charge in [-0.1, -0.05) is 6.42 Å². The molecule has 2 amide bonds. The molecule has 0 aromatic heterocycles. The van der Waals surface area contributed by atoms with E-state index in [9.17, 15) is 56.4 Å². The van der Waals surface area contributed by atoms with Crippen molar-refractivity contribution in [2.24, 2.45) is 52.1 Å². The van der Waals surface area contributed by atoms with E-state index in [1.807, 2.05) is 0 Å². The minimum Gasteiger partial charge on any atom is -0.392 e. The van der Waals surface area contributed by atoms with Crippen LogP contribution in [0.15, 0.2) is 0 Å². The molecule has 0 saturated heterocycles. The van der Waals surface area contributed by atoms with Crippen LogP contribution in [0.3, 0.4) is 0 Å². The summed E-state index contributed by atoms with van der Waals surface area (Å²) in [4.78, 5) is 27.2. The second kappa shape index (κ2) is 18.4. The number of halogens is 12. The molecule has 5 aliphatic rings. The number of rotatable bonds is 9. The molecular formula is C39H58F12N4O6. The van der Waals surface area contributed by atoms with Crippen LogP contribution in [0.4, 0.5) is 52.7 Å². The molecule has 14 atom stereocenters. The van der Waals surface area contributed by atoms with Crippen LogP contribution in [0.25, 0.3) is 0 Å². The summed E-state index contributed by atoms with van der Waals surface area (Å²) in [6.07, 6.45) is -36.1. The number of likely N-dealkylation sites (N-methyl/N-ethyl adjacent to an activating group) is 1. The molecule has 61 heavy (non-hydrogen) atoms. The van der Waals surface area contributed by atoms with Gasteiger partial charge >= 0.3 is 24.7 Å². The van der Waals surface area contributed by atoms with Gasteiger partial charge in [0.25, 0.3) is 0 Å². The number of amides is 2. The summed E-state index contributed by atoms with van der Waals surface area (Å²) in [7, 11) is 1.32. The first-order chi connectivity index (χ1) is 28.1. The fourth-order valence-electron chi connectivity index (χ4n) is 12.0. The summed E-state index contributed by atoms with van der Waals surface area (Å²) >= 11 is 0. The second-order valence-corrected chi connectivity index (χ2v) is 18.4. The molecule has 0 radical (unpaired) electrons. The largest absolute Gasteiger partial charge is 0.403 e. The maximum absolute atomic E-state index is 15.0. The van der Waals surface area contributed by atoms with Crippen molar-refractivity contribution in [3.8, 4) is 0 Å².